The molecule has 0 saturated heterocycles. The van der Waals surface area contributed by atoms with Crippen molar-refractivity contribution in [2.45, 2.75) is 20.5 Å². The van der Waals surface area contributed by atoms with E-state index < -0.39 is 4.92 Å². The molecule has 0 radical (unpaired) electrons. The Morgan fingerprint density at radius 2 is 2.13 bits per heavy atom. The highest BCUT2D eigenvalue weighted by Crippen LogP contribution is 2.28. The number of rotatable bonds is 6. The molecule has 0 spiro atoms. The third-order valence-corrected chi connectivity index (χ3v) is 3.11. The van der Waals surface area contributed by atoms with Crippen LogP contribution >= 0.6 is 0 Å². The molecule has 0 aliphatic carbocycles. The van der Waals surface area contributed by atoms with E-state index in [1.807, 2.05) is 26.0 Å². The first kappa shape index (κ1) is 16.4. The number of hydrogen-bond acceptors (Lipinski definition) is 6. The van der Waals surface area contributed by atoms with Crippen LogP contribution in [-0.2, 0) is 11.4 Å². The highest BCUT2D eigenvalue weighted by Gasteiger charge is 2.18. The number of aromatic nitrogens is 1. The van der Waals surface area contributed by atoms with Crippen LogP contribution in [0.25, 0.3) is 0 Å². The Hall–Kier alpha value is -2.96. The van der Waals surface area contributed by atoms with Gasteiger partial charge in [-0.3, -0.25) is 15.1 Å². The lowest BCUT2D eigenvalue weighted by Gasteiger charge is -2.07. The molecule has 7 nitrogen and oxygen atoms in total. The lowest BCUT2D eigenvalue weighted by Crippen LogP contribution is -2.00. The van der Waals surface area contributed by atoms with Gasteiger partial charge in [0, 0.05) is 11.8 Å². The van der Waals surface area contributed by atoms with E-state index in [-0.39, 0.29) is 12.3 Å². The Balaban J connectivity index is 2.12. The smallest absolute Gasteiger partial charge is 0.279 e. The summed E-state index contributed by atoms with van der Waals surface area (Å²) in [4.78, 5) is 20.1. The third kappa shape index (κ3) is 4.26. The van der Waals surface area contributed by atoms with Gasteiger partial charge in [-0.05, 0) is 37.6 Å². The van der Waals surface area contributed by atoms with E-state index in [1.54, 1.807) is 12.1 Å². The molecular weight excluding hydrogens is 298 g/mol. The van der Waals surface area contributed by atoms with Crippen LogP contribution in [0, 0.1) is 24.0 Å². The van der Waals surface area contributed by atoms with Gasteiger partial charge in [0.2, 0.25) is 0 Å². The molecule has 7 heteroatoms. The molecule has 2 rings (SSSR count). The predicted octanol–water partition coefficient (Wildman–Crippen LogP) is 3.17. The van der Waals surface area contributed by atoms with Gasteiger partial charge in [-0.25, -0.2) is 0 Å². The summed E-state index contributed by atoms with van der Waals surface area (Å²) in [6.07, 6.45) is 1.47. The Labute approximate surface area is 133 Å². The fourth-order valence-electron chi connectivity index (χ4n) is 2.19. The second-order valence-electron chi connectivity index (χ2n) is 4.93. The lowest BCUT2D eigenvalue weighted by molar-refractivity contribution is -0.386. The van der Waals surface area contributed by atoms with Crippen LogP contribution in [0.2, 0.25) is 0 Å². The van der Waals surface area contributed by atoms with E-state index in [2.05, 4.69) is 10.1 Å². The van der Waals surface area contributed by atoms with Crippen LogP contribution < -0.4 is 4.74 Å². The first-order valence-corrected chi connectivity index (χ1v) is 6.92. The first-order valence-electron chi connectivity index (χ1n) is 6.92. The van der Waals surface area contributed by atoms with Gasteiger partial charge in [0.1, 0.15) is 11.3 Å². The molecule has 1 heterocycles. The summed E-state index contributed by atoms with van der Waals surface area (Å²) >= 11 is 0. The number of methoxy groups -OCH3 is 1. The van der Waals surface area contributed by atoms with Gasteiger partial charge in [0.25, 0.3) is 5.69 Å². The molecule has 0 fully saturated rings. The van der Waals surface area contributed by atoms with Gasteiger partial charge in [0.15, 0.2) is 6.61 Å². The van der Waals surface area contributed by atoms with E-state index >= 15 is 0 Å². The maximum absolute atomic E-state index is 11.1. The van der Waals surface area contributed by atoms with Crippen molar-refractivity contribution in [1.29, 1.82) is 0 Å². The molecule has 0 amide bonds. The lowest BCUT2D eigenvalue weighted by atomic mass is 10.1. The largest absolute Gasteiger partial charge is 0.496 e. The summed E-state index contributed by atoms with van der Waals surface area (Å²) in [6, 6.07) is 8.42. The number of hydrogen-bond donors (Lipinski definition) is 0. The van der Waals surface area contributed by atoms with Crippen LogP contribution in [0.4, 0.5) is 5.69 Å². The van der Waals surface area contributed by atoms with Crippen LogP contribution in [0.15, 0.2) is 35.5 Å². The number of aryl methyl sites for hydroxylation is 2. The molecule has 0 bridgehead atoms. The highest BCUT2D eigenvalue weighted by molar-refractivity contribution is 5.76. The standard InChI is InChI=1S/C16H17N3O4/c1-11-7-12(2)18-13(8-11)9-17-23-10-14-15(19(20)21)5-4-6-16(14)22-3/h4-9H,10H2,1-3H3. The average molecular weight is 315 g/mol. The molecular formula is C16H17N3O4. The van der Waals surface area contributed by atoms with E-state index in [9.17, 15) is 10.1 Å². The molecule has 2 aromatic rings. The van der Waals surface area contributed by atoms with Gasteiger partial charge >= 0.3 is 0 Å². The zero-order valence-electron chi connectivity index (χ0n) is 13.1. The van der Waals surface area contributed by atoms with E-state index in [1.165, 1.54) is 19.4 Å². The van der Waals surface area contributed by atoms with Crippen LogP contribution in [0.5, 0.6) is 5.75 Å². The molecule has 0 aliphatic rings. The van der Waals surface area contributed by atoms with Crippen molar-refractivity contribution in [3.8, 4) is 5.75 Å². The minimum Gasteiger partial charge on any atom is -0.496 e. The monoisotopic (exact) mass is 315 g/mol. The normalized spacial score (nSPS) is 10.7. The maximum Gasteiger partial charge on any atom is 0.279 e. The van der Waals surface area contributed by atoms with Crippen molar-refractivity contribution >= 4 is 11.9 Å². The van der Waals surface area contributed by atoms with Crippen LogP contribution in [0.3, 0.4) is 0 Å². The minimum atomic E-state index is -0.476. The Morgan fingerprint density at radius 1 is 1.35 bits per heavy atom. The van der Waals surface area contributed by atoms with Crippen LogP contribution in [-0.4, -0.2) is 23.2 Å². The SMILES string of the molecule is COc1cccc([N+](=O)[O-])c1CON=Cc1cc(C)cc(C)n1. The van der Waals surface area contributed by atoms with E-state index in [4.69, 9.17) is 9.57 Å². The van der Waals surface area contributed by atoms with Crippen LogP contribution in [0.1, 0.15) is 22.5 Å². The highest BCUT2D eigenvalue weighted by atomic mass is 16.6. The number of nitro benzene ring substituents is 1. The quantitative estimate of drug-likeness (QED) is 0.464. The van der Waals surface area contributed by atoms with Gasteiger partial charge in [-0.15, -0.1) is 0 Å². The third-order valence-electron chi connectivity index (χ3n) is 3.11. The second kappa shape index (κ2) is 7.35. The zero-order valence-corrected chi connectivity index (χ0v) is 13.1. The number of nitro groups is 1. The number of ether oxygens (including phenoxy) is 1. The predicted molar refractivity (Wildman–Crippen MR) is 85.7 cm³/mol. The molecule has 0 N–H and O–H groups in total. The summed E-state index contributed by atoms with van der Waals surface area (Å²) in [7, 11) is 1.45. The van der Waals surface area contributed by atoms with E-state index in [0.717, 1.165) is 11.3 Å². The summed E-state index contributed by atoms with van der Waals surface area (Å²) in [5.41, 5.74) is 2.89. The topological polar surface area (TPSA) is 86.9 Å². The van der Waals surface area contributed by atoms with E-state index in [0.29, 0.717) is 17.0 Å². The van der Waals surface area contributed by atoms with Gasteiger partial charge in [-0.2, -0.15) is 0 Å². The fraction of sp³-hybridized carbons (Fsp3) is 0.250. The molecule has 0 unspecified atom stereocenters. The van der Waals surface area contributed by atoms with Crippen molar-refractivity contribution in [2.75, 3.05) is 7.11 Å². The zero-order chi connectivity index (χ0) is 16.8. The fourth-order valence-corrected chi connectivity index (χ4v) is 2.19. The summed E-state index contributed by atoms with van der Waals surface area (Å²) in [6.45, 7) is 3.79. The van der Waals surface area contributed by atoms with Crippen molar-refractivity contribution in [1.82, 2.24) is 4.98 Å². The second-order valence-corrected chi connectivity index (χ2v) is 4.93. The number of pyridine rings is 1. The summed E-state index contributed by atoms with van der Waals surface area (Å²) in [5.74, 6) is 0.388. The Kier molecular flexibility index (Phi) is 5.24. The van der Waals surface area contributed by atoms with Crippen molar-refractivity contribution in [3.05, 3.63) is 63.0 Å². The van der Waals surface area contributed by atoms with Crippen molar-refractivity contribution in [2.24, 2.45) is 5.16 Å². The average Bonchev–Trinajstić information content (AvgIpc) is 2.50. The molecule has 0 saturated carbocycles. The van der Waals surface area contributed by atoms with Gasteiger partial charge < -0.3 is 9.57 Å². The number of benzene rings is 1. The molecule has 1 aromatic carbocycles. The summed E-state index contributed by atoms with van der Waals surface area (Å²) in [5, 5.41) is 14.9. The Morgan fingerprint density at radius 3 is 2.78 bits per heavy atom. The summed E-state index contributed by atoms with van der Waals surface area (Å²) < 4.78 is 5.13. The number of nitrogens with zero attached hydrogens (tertiary/aromatic N) is 3. The molecule has 0 aliphatic heterocycles. The minimum absolute atomic E-state index is 0.0657. The molecule has 23 heavy (non-hydrogen) atoms. The van der Waals surface area contributed by atoms with Gasteiger partial charge in [0.05, 0.1) is 23.9 Å². The van der Waals surface area contributed by atoms with Crippen molar-refractivity contribution in [3.63, 3.8) is 0 Å². The molecule has 0 atom stereocenters. The van der Waals surface area contributed by atoms with Gasteiger partial charge in [-0.1, -0.05) is 11.2 Å². The van der Waals surface area contributed by atoms with Crippen molar-refractivity contribution < 1.29 is 14.5 Å². The maximum atomic E-state index is 11.1. The Bertz CT molecular complexity index is 724. The number of oxime groups is 1. The molecule has 1 aromatic heterocycles. The molecule has 120 valence electrons. The first-order chi connectivity index (χ1) is 11.0.